The van der Waals surface area contributed by atoms with E-state index in [1.165, 1.54) is 0 Å². The minimum Gasteiger partial charge on any atom is -0.497 e. The van der Waals surface area contributed by atoms with Gasteiger partial charge in [0.05, 0.1) is 7.11 Å². The Balaban J connectivity index is 1.52. The molecule has 4 aromatic carbocycles. The van der Waals surface area contributed by atoms with E-state index < -0.39 is 6.04 Å². The van der Waals surface area contributed by atoms with E-state index in [0.29, 0.717) is 13.0 Å². The summed E-state index contributed by atoms with van der Waals surface area (Å²) in [7, 11) is 1.64. The van der Waals surface area contributed by atoms with Crippen LogP contribution in [0.2, 0.25) is 0 Å². The molecule has 0 bridgehead atoms. The van der Waals surface area contributed by atoms with Gasteiger partial charge >= 0.3 is 0 Å². The van der Waals surface area contributed by atoms with Gasteiger partial charge in [0.2, 0.25) is 11.8 Å². The first-order chi connectivity index (χ1) is 20.6. The quantitative estimate of drug-likeness (QED) is 0.205. The molecule has 0 aliphatic heterocycles. The zero-order chi connectivity index (χ0) is 29.1. The Morgan fingerprint density at radius 2 is 1.36 bits per heavy atom. The number of nitrogens with one attached hydrogen (secondary N) is 1. The first-order valence-electron chi connectivity index (χ1n) is 15.0. The lowest BCUT2D eigenvalue weighted by Gasteiger charge is -2.33. The Morgan fingerprint density at radius 1 is 0.786 bits per heavy atom. The van der Waals surface area contributed by atoms with Crippen molar-refractivity contribution in [1.29, 1.82) is 0 Å². The molecule has 5 heteroatoms. The van der Waals surface area contributed by atoms with E-state index in [2.05, 4.69) is 29.6 Å². The molecule has 1 saturated carbocycles. The smallest absolute Gasteiger partial charge is 0.243 e. The molecule has 0 spiro atoms. The molecule has 1 N–H and O–H groups in total. The van der Waals surface area contributed by atoms with Crippen LogP contribution in [-0.2, 0) is 22.6 Å². The summed E-state index contributed by atoms with van der Waals surface area (Å²) in [6.07, 6.45) is 4.90. The van der Waals surface area contributed by atoms with Crippen LogP contribution >= 0.6 is 0 Å². The predicted octanol–water partition coefficient (Wildman–Crippen LogP) is 6.92. The summed E-state index contributed by atoms with van der Waals surface area (Å²) in [6.45, 7) is 0.307. The summed E-state index contributed by atoms with van der Waals surface area (Å²) in [5, 5.41) is 3.30. The van der Waals surface area contributed by atoms with Gasteiger partial charge in [-0.2, -0.15) is 0 Å². The second-order valence-corrected chi connectivity index (χ2v) is 11.1. The maximum atomic E-state index is 14.5. The molecule has 5 rings (SSSR count). The van der Waals surface area contributed by atoms with Gasteiger partial charge in [-0.05, 0) is 47.2 Å². The molecule has 0 unspecified atom stereocenters. The second-order valence-electron chi connectivity index (χ2n) is 11.1. The maximum absolute atomic E-state index is 14.5. The molecule has 0 saturated heterocycles. The standard InChI is InChI=1S/C37H40N2O3/c1-42-33-23-13-16-29(24-33)27-39(35(25-28-14-5-2-6-15-28)37(41)38-32-21-11-12-22-32)36(40)26-34(30-17-7-3-8-18-30)31-19-9-4-10-20-31/h2-10,13-20,23-24,32,34-35H,11-12,21-22,25-27H2,1H3,(H,38,41)/t35-/m0/s1. The molecule has 1 atom stereocenters. The first kappa shape index (κ1) is 29.1. The van der Waals surface area contributed by atoms with Gasteiger partial charge in [-0.1, -0.05) is 116 Å². The van der Waals surface area contributed by atoms with Crippen LogP contribution < -0.4 is 10.1 Å². The zero-order valence-corrected chi connectivity index (χ0v) is 24.3. The Kier molecular flexibility index (Phi) is 10.1. The highest BCUT2D eigenvalue weighted by atomic mass is 16.5. The molecular formula is C37H40N2O3. The van der Waals surface area contributed by atoms with Crippen molar-refractivity contribution in [3.63, 3.8) is 0 Å². The lowest BCUT2D eigenvalue weighted by atomic mass is 9.87. The van der Waals surface area contributed by atoms with Crippen molar-refractivity contribution in [2.45, 2.75) is 63.1 Å². The van der Waals surface area contributed by atoms with Crippen LogP contribution in [0, 0.1) is 0 Å². The first-order valence-corrected chi connectivity index (χ1v) is 15.0. The van der Waals surface area contributed by atoms with Crippen molar-refractivity contribution >= 4 is 11.8 Å². The van der Waals surface area contributed by atoms with Crippen molar-refractivity contribution < 1.29 is 14.3 Å². The normalized spacial score (nSPS) is 14.0. The molecule has 1 fully saturated rings. The second kappa shape index (κ2) is 14.5. The van der Waals surface area contributed by atoms with E-state index in [1.54, 1.807) is 12.0 Å². The molecule has 0 heterocycles. The van der Waals surface area contributed by atoms with Crippen LogP contribution in [0.1, 0.15) is 60.3 Å². The molecule has 1 aliphatic rings. The fraction of sp³-hybridized carbons (Fsp3) is 0.297. The molecule has 4 aromatic rings. The predicted molar refractivity (Wildman–Crippen MR) is 167 cm³/mol. The molecule has 216 valence electrons. The average molecular weight is 561 g/mol. The lowest BCUT2D eigenvalue weighted by molar-refractivity contribution is -0.141. The van der Waals surface area contributed by atoms with E-state index in [9.17, 15) is 9.59 Å². The van der Waals surface area contributed by atoms with Gasteiger partial charge in [-0.25, -0.2) is 0 Å². The largest absolute Gasteiger partial charge is 0.497 e. The highest BCUT2D eigenvalue weighted by Gasteiger charge is 2.33. The Labute approximate surface area is 249 Å². The topological polar surface area (TPSA) is 58.6 Å². The third-order valence-corrected chi connectivity index (χ3v) is 8.24. The van der Waals surface area contributed by atoms with Crippen LogP contribution in [0.3, 0.4) is 0 Å². The van der Waals surface area contributed by atoms with Gasteiger partial charge in [-0.3, -0.25) is 9.59 Å². The van der Waals surface area contributed by atoms with Gasteiger partial charge < -0.3 is 15.0 Å². The van der Waals surface area contributed by atoms with Crippen LogP contribution in [0.15, 0.2) is 115 Å². The molecule has 2 amide bonds. The molecule has 0 radical (unpaired) electrons. The Bertz CT molecular complexity index is 1380. The number of ether oxygens (including phenoxy) is 1. The summed E-state index contributed by atoms with van der Waals surface area (Å²) in [6, 6.07) is 37.6. The van der Waals surface area contributed by atoms with Crippen LogP contribution in [-0.4, -0.2) is 35.9 Å². The van der Waals surface area contributed by atoms with Crippen molar-refractivity contribution in [2.75, 3.05) is 7.11 Å². The average Bonchev–Trinajstić information content (AvgIpc) is 3.56. The fourth-order valence-corrected chi connectivity index (χ4v) is 5.98. The van der Waals surface area contributed by atoms with Crippen LogP contribution in [0.4, 0.5) is 0 Å². The third kappa shape index (κ3) is 7.67. The Hall–Kier alpha value is -4.38. The van der Waals surface area contributed by atoms with E-state index in [4.69, 9.17) is 4.74 Å². The maximum Gasteiger partial charge on any atom is 0.243 e. The lowest BCUT2D eigenvalue weighted by Crippen LogP contribution is -2.52. The summed E-state index contributed by atoms with van der Waals surface area (Å²) < 4.78 is 5.49. The van der Waals surface area contributed by atoms with E-state index in [0.717, 1.165) is 53.7 Å². The molecular weight excluding hydrogens is 520 g/mol. The summed E-state index contributed by atoms with van der Waals surface area (Å²) in [5.41, 5.74) is 4.10. The van der Waals surface area contributed by atoms with Crippen LogP contribution in [0.5, 0.6) is 5.75 Å². The number of rotatable bonds is 12. The SMILES string of the molecule is COc1cccc(CN(C(=O)CC(c2ccccc2)c2ccccc2)[C@@H](Cc2ccccc2)C(=O)NC2CCCC2)c1. The van der Waals surface area contributed by atoms with Crippen molar-refractivity contribution in [3.05, 3.63) is 138 Å². The number of carbonyl (C=O) groups excluding carboxylic acids is 2. The van der Waals surface area contributed by atoms with Crippen molar-refractivity contribution in [2.24, 2.45) is 0 Å². The van der Waals surface area contributed by atoms with Crippen molar-refractivity contribution in [3.8, 4) is 5.75 Å². The van der Waals surface area contributed by atoms with Gasteiger partial charge in [0.25, 0.3) is 0 Å². The monoisotopic (exact) mass is 560 g/mol. The summed E-state index contributed by atoms with van der Waals surface area (Å²) in [5.74, 6) is 0.445. The fourth-order valence-electron chi connectivity index (χ4n) is 5.98. The van der Waals surface area contributed by atoms with E-state index in [-0.39, 0.29) is 30.2 Å². The van der Waals surface area contributed by atoms with Gasteiger partial charge in [0.15, 0.2) is 0 Å². The number of amides is 2. The number of hydrogen-bond acceptors (Lipinski definition) is 3. The number of carbonyl (C=O) groups is 2. The molecule has 0 aromatic heterocycles. The third-order valence-electron chi connectivity index (χ3n) is 8.24. The van der Waals surface area contributed by atoms with E-state index in [1.807, 2.05) is 91.0 Å². The van der Waals surface area contributed by atoms with E-state index >= 15 is 0 Å². The minimum absolute atomic E-state index is 0.0574. The highest BCUT2D eigenvalue weighted by molar-refractivity contribution is 5.88. The number of nitrogens with zero attached hydrogens (tertiary/aromatic N) is 1. The summed E-state index contributed by atoms with van der Waals surface area (Å²) in [4.78, 5) is 30.4. The molecule has 5 nitrogen and oxygen atoms in total. The Morgan fingerprint density at radius 3 is 1.95 bits per heavy atom. The zero-order valence-electron chi connectivity index (χ0n) is 24.3. The number of hydrogen-bond donors (Lipinski definition) is 1. The molecule has 42 heavy (non-hydrogen) atoms. The minimum atomic E-state index is -0.654. The van der Waals surface area contributed by atoms with Gasteiger partial charge in [0.1, 0.15) is 11.8 Å². The van der Waals surface area contributed by atoms with Crippen LogP contribution in [0.25, 0.3) is 0 Å². The number of methoxy groups -OCH3 is 1. The highest BCUT2D eigenvalue weighted by Crippen LogP contribution is 2.30. The van der Waals surface area contributed by atoms with Gasteiger partial charge in [-0.15, -0.1) is 0 Å². The number of benzene rings is 4. The summed E-state index contributed by atoms with van der Waals surface area (Å²) >= 11 is 0. The molecule has 1 aliphatic carbocycles. The van der Waals surface area contributed by atoms with Gasteiger partial charge in [0, 0.05) is 31.3 Å². The van der Waals surface area contributed by atoms with Crippen molar-refractivity contribution in [1.82, 2.24) is 10.2 Å².